The second-order valence-corrected chi connectivity index (χ2v) is 7.01. The largest absolute Gasteiger partial charge is 0.481 e. The lowest BCUT2D eigenvalue weighted by Crippen LogP contribution is -2.33. The Hall–Kier alpha value is -3.16. The quantitative estimate of drug-likeness (QED) is 0.722. The normalized spacial score (nSPS) is 13.4. The molecule has 1 amide bonds. The van der Waals surface area contributed by atoms with Crippen molar-refractivity contribution in [2.75, 3.05) is 13.7 Å². The van der Waals surface area contributed by atoms with Crippen LogP contribution < -0.4 is 15.6 Å². The van der Waals surface area contributed by atoms with Gasteiger partial charge < -0.3 is 10.1 Å². The summed E-state index contributed by atoms with van der Waals surface area (Å²) in [6.07, 6.45) is 4.06. The molecule has 0 spiro atoms. The lowest BCUT2D eigenvalue weighted by molar-refractivity contribution is 0.0952. The number of amides is 1. The average Bonchev–Trinajstić information content (AvgIpc) is 3.02. The van der Waals surface area contributed by atoms with Gasteiger partial charge in [-0.05, 0) is 49.4 Å². The van der Waals surface area contributed by atoms with Crippen LogP contribution in [0.25, 0.3) is 10.9 Å². The highest BCUT2D eigenvalue weighted by molar-refractivity contribution is 5.98. The van der Waals surface area contributed by atoms with E-state index < -0.39 is 0 Å². The predicted molar refractivity (Wildman–Crippen MR) is 105 cm³/mol. The molecule has 0 saturated heterocycles. The minimum atomic E-state index is -0.211. The maximum atomic E-state index is 12.5. The first-order valence-electron chi connectivity index (χ1n) is 9.45. The molecule has 0 atom stereocenters. The summed E-state index contributed by atoms with van der Waals surface area (Å²) in [5.74, 6) is 0.442. The monoisotopic (exact) mass is 381 g/mol. The number of hydrogen-bond acceptors (Lipinski definition) is 5. The lowest BCUT2D eigenvalue weighted by atomic mass is 9.97. The van der Waals surface area contributed by atoms with Crippen molar-refractivity contribution in [3.8, 4) is 5.88 Å². The molecule has 3 aromatic rings. The van der Waals surface area contributed by atoms with Crippen molar-refractivity contribution in [2.24, 2.45) is 7.05 Å². The Kier molecular flexibility index (Phi) is 4.85. The highest BCUT2D eigenvalue weighted by Gasteiger charge is 2.14. The summed E-state index contributed by atoms with van der Waals surface area (Å²) in [5.41, 5.74) is 3.16. The van der Waals surface area contributed by atoms with Crippen molar-refractivity contribution in [2.45, 2.75) is 32.2 Å². The van der Waals surface area contributed by atoms with Gasteiger partial charge in [-0.25, -0.2) is 9.36 Å². The van der Waals surface area contributed by atoms with Gasteiger partial charge in [-0.1, -0.05) is 0 Å². The fourth-order valence-electron chi connectivity index (χ4n) is 3.70. The molecule has 0 aliphatic heterocycles. The van der Waals surface area contributed by atoms with Crippen LogP contribution in [0.2, 0.25) is 0 Å². The van der Waals surface area contributed by atoms with Gasteiger partial charge in [0, 0.05) is 25.2 Å². The highest BCUT2D eigenvalue weighted by Crippen LogP contribution is 2.25. The molecule has 4 rings (SSSR count). The van der Waals surface area contributed by atoms with E-state index in [9.17, 15) is 9.59 Å². The summed E-state index contributed by atoms with van der Waals surface area (Å²) in [6, 6.07) is 6.99. The van der Waals surface area contributed by atoms with Crippen LogP contribution in [0.4, 0.5) is 0 Å². The zero-order valence-electron chi connectivity index (χ0n) is 16.1. The van der Waals surface area contributed by atoms with E-state index >= 15 is 0 Å². The molecule has 8 nitrogen and oxygen atoms in total. The first kappa shape index (κ1) is 18.2. The number of ether oxygens (including phenoxy) is 1. The van der Waals surface area contributed by atoms with Gasteiger partial charge in [0.15, 0.2) is 0 Å². The zero-order chi connectivity index (χ0) is 19.7. The number of nitrogens with one attached hydrogen (secondary N) is 1. The van der Waals surface area contributed by atoms with Crippen molar-refractivity contribution >= 4 is 16.8 Å². The third-order valence-corrected chi connectivity index (χ3v) is 5.12. The van der Waals surface area contributed by atoms with Gasteiger partial charge in [-0.3, -0.25) is 9.59 Å². The molecule has 1 aliphatic carbocycles. The number of hydrogen-bond donors (Lipinski definition) is 1. The maximum Gasteiger partial charge on any atom is 0.267 e. The van der Waals surface area contributed by atoms with Crippen LogP contribution in [0.5, 0.6) is 5.88 Å². The molecule has 1 aromatic carbocycles. The summed E-state index contributed by atoms with van der Waals surface area (Å²) < 4.78 is 8.40. The average molecular weight is 381 g/mol. The Labute approximate surface area is 162 Å². The van der Waals surface area contributed by atoms with E-state index in [1.54, 1.807) is 37.0 Å². The van der Waals surface area contributed by atoms with Crippen LogP contribution >= 0.6 is 0 Å². The van der Waals surface area contributed by atoms with Crippen LogP contribution in [0.15, 0.2) is 29.1 Å². The Balaban J connectivity index is 1.43. The standard InChI is InChI=1S/C20H23N5O3/c1-24-20(28-2)15-8-7-14(11-17(15)22-24)19(27)21-9-10-25-18(26)12-13-5-3-4-6-16(13)23-25/h7-8,11-12H,3-6,9-10H2,1-2H3,(H,21,27). The fraction of sp³-hybridized carbons (Fsp3) is 0.400. The summed E-state index contributed by atoms with van der Waals surface area (Å²) >= 11 is 0. The molecule has 28 heavy (non-hydrogen) atoms. The van der Waals surface area contributed by atoms with E-state index in [2.05, 4.69) is 15.5 Å². The van der Waals surface area contributed by atoms with Gasteiger partial charge in [0.05, 0.1) is 30.3 Å². The zero-order valence-corrected chi connectivity index (χ0v) is 16.1. The molecular formula is C20H23N5O3. The van der Waals surface area contributed by atoms with Crippen molar-refractivity contribution in [3.63, 3.8) is 0 Å². The Morgan fingerprint density at radius 2 is 2.04 bits per heavy atom. The second kappa shape index (κ2) is 7.46. The van der Waals surface area contributed by atoms with Crippen molar-refractivity contribution in [1.29, 1.82) is 0 Å². The maximum absolute atomic E-state index is 12.5. The van der Waals surface area contributed by atoms with Crippen LogP contribution in [0.3, 0.4) is 0 Å². The van der Waals surface area contributed by atoms with E-state index in [4.69, 9.17) is 4.74 Å². The molecule has 0 unspecified atom stereocenters. The number of nitrogens with zero attached hydrogens (tertiary/aromatic N) is 4. The van der Waals surface area contributed by atoms with Gasteiger partial charge in [0.1, 0.15) is 0 Å². The molecule has 146 valence electrons. The van der Waals surface area contributed by atoms with Gasteiger partial charge >= 0.3 is 0 Å². The van der Waals surface area contributed by atoms with Crippen molar-refractivity contribution in [3.05, 3.63) is 51.4 Å². The summed E-state index contributed by atoms with van der Waals surface area (Å²) in [4.78, 5) is 24.7. The first-order chi connectivity index (χ1) is 13.6. The number of rotatable bonds is 5. The molecule has 0 fully saturated rings. The number of carbonyl (C=O) groups excluding carboxylic acids is 1. The van der Waals surface area contributed by atoms with Crippen LogP contribution in [0.1, 0.15) is 34.5 Å². The molecule has 0 bridgehead atoms. The molecule has 1 aliphatic rings. The molecule has 1 N–H and O–H groups in total. The van der Waals surface area contributed by atoms with E-state index in [0.717, 1.165) is 42.3 Å². The highest BCUT2D eigenvalue weighted by atomic mass is 16.5. The molecule has 8 heteroatoms. The third-order valence-electron chi connectivity index (χ3n) is 5.12. The fourth-order valence-corrected chi connectivity index (χ4v) is 3.70. The summed E-state index contributed by atoms with van der Waals surface area (Å²) in [6.45, 7) is 0.672. The number of methoxy groups -OCH3 is 1. The number of aryl methyl sites for hydroxylation is 3. The molecular weight excluding hydrogens is 358 g/mol. The van der Waals surface area contributed by atoms with Crippen molar-refractivity contribution < 1.29 is 9.53 Å². The van der Waals surface area contributed by atoms with Crippen LogP contribution in [-0.2, 0) is 26.4 Å². The number of carbonyl (C=O) groups is 1. The van der Waals surface area contributed by atoms with Gasteiger partial charge in [0.25, 0.3) is 11.5 Å². The van der Waals surface area contributed by atoms with Crippen molar-refractivity contribution in [1.82, 2.24) is 24.9 Å². The van der Waals surface area contributed by atoms with E-state index in [0.29, 0.717) is 30.0 Å². The summed E-state index contributed by atoms with van der Waals surface area (Å²) in [7, 11) is 3.38. The van der Waals surface area contributed by atoms with Gasteiger partial charge in [-0.15, -0.1) is 0 Å². The molecule has 2 heterocycles. The minimum absolute atomic E-state index is 0.114. The Morgan fingerprint density at radius 1 is 1.21 bits per heavy atom. The van der Waals surface area contributed by atoms with Crippen LogP contribution in [0, 0.1) is 0 Å². The smallest absolute Gasteiger partial charge is 0.267 e. The third kappa shape index (κ3) is 3.37. The van der Waals surface area contributed by atoms with E-state index in [1.165, 1.54) is 4.68 Å². The van der Waals surface area contributed by atoms with Crippen LogP contribution in [-0.4, -0.2) is 39.1 Å². The minimum Gasteiger partial charge on any atom is -0.481 e. The Bertz CT molecular complexity index is 1100. The van der Waals surface area contributed by atoms with Gasteiger partial charge in [0.2, 0.25) is 5.88 Å². The van der Waals surface area contributed by atoms with E-state index in [-0.39, 0.29) is 11.5 Å². The SMILES string of the molecule is COc1c2ccc(C(=O)NCCn3nc4c(cc3=O)CCCC4)cc2nn1C. The lowest BCUT2D eigenvalue weighted by Gasteiger charge is -2.16. The van der Waals surface area contributed by atoms with E-state index in [1.807, 2.05) is 6.07 Å². The summed E-state index contributed by atoms with van der Waals surface area (Å²) in [5, 5.41) is 12.5. The Morgan fingerprint density at radius 3 is 2.86 bits per heavy atom. The van der Waals surface area contributed by atoms with Gasteiger partial charge in [-0.2, -0.15) is 10.2 Å². The number of benzene rings is 1. The topological polar surface area (TPSA) is 91.0 Å². The molecule has 2 aromatic heterocycles. The predicted octanol–water partition coefficient (Wildman–Crippen LogP) is 1.45. The second-order valence-electron chi connectivity index (χ2n) is 7.01. The molecule has 0 radical (unpaired) electrons. The number of fused-ring (bicyclic) bond motifs is 2. The molecule has 0 saturated carbocycles. The number of aromatic nitrogens is 4. The first-order valence-corrected chi connectivity index (χ1v) is 9.45.